The van der Waals surface area contributed by atoms with Gasteiger partial charge in [0.15, 0.2) is 9.84 Å². The Morgan fingerprint density at radius 3 is 2.82 bits per heavy atom. The molecule has 0 aromatic carbocycles. The van der Waals surface area contributed by atoms with E-state index in [-0.39, 0.29) is 17.4 Å². The van der Waals surface area contributed by atoms with Gasteiger partial charge in [0.2, 0.25) is 0 Å². The van der Waals surface area contributed by atoms with E-state index in [0.717, 1.165) is 12.2 Å². The molecule has 0 aliphatic carbocycles. The lowest BCUT2D eigenvalue weighted by Crippen LogP contribution is -2.25. The number of nitrogens with one attached hydrogen (secondary N) is 1. The average Bonchev–Trinajstić information content (AvgIpc) is 2.76. The van der Waals surface area contributed by atoms with Gasteiger partial charge in [0.1, 0.15) is 5.76 Å². The molecule has 1 aromatic rings. The van der Waals surface area contributed by atoms with E-state index in [1.807, 2.05) is 26.0 Å². The van der Waals surface area contributed by atoms with E-state index in [0.29, 0.717) is 13.1 Å². The van der Waals surface area contributed by atoms with Gasteiger partial charge in [-0.15, -0.1) is 0 Å². The van der Waals surface area contributed by atoms with Crippen LogP contribution in [-0.2, 0) is 16.4 Å². The van der Waals surface area contributed by atoms with Crippen molar-refractivity contribution in [3.8, 4) is 0 Å². The number of rotatable bonds is 8. The van der Waals surface area contributed by atoms with Gasteiger partial charge in [0.05, 0.1) is 24.3 Å². The lowest BCUT2D eigenvalue weighted by atomic mass is 10.2. The molecular weight excluding hydrogens is 238 g/mol. The molecule has 1 rings (SSSR count). The Bertz CT molecular complexity index is 397. The fourth-order valence-electron chi connectivity index (χ4n) is 1.49. The summed E-state index contributed by atoms with van der Waals surface area (Å²) in [4.78, 5) is 0. The third-order valence-corrected chi connectivity index (χ3v) is 4.61. The highest BCUT2D eigenvalue weighted by molar-refractivity contribution is 7.91. The van der Waals surface area contributed by atoms with Crippen LogP contribution >= 0.6 is 0 Å². The Balaban J connectivity index is 2.21. The molecule has 1 aromatic heterocycles. The second-order valence-corrected chi connectivity index (χ2v) is 6.61. The molecule has 0 radical (unpaired) electrons. The molecule has 1 N–H and O–H groups in total. The minimum atomic E-state index is -2.93. The third-order valence-electron chi connectivity index (χ3n) is 2.70. The average molecular weight is 259 g/mol. The highest BCUT2D eigenvalue weighted by atomic mass is 32.2. The van der Waals surface area contributed by atoms with Crippen molar-refractivity contribution >= 4 is 9.84 Å². The Morgan fingerprint density at radius 2 is 2.24 bits per heavy atom. The smallest absolute Gasteiger partial charge is 0.151 e. The first-order valence-electron chi connectivity index (χ1n) is 5.97. The van der Waals surface area contributed by atoms with E-state index in [4.69, 9.17) is 4.42 Å². The van der Waals surface area contributed by atoms with Gasteiger partial charge in [-0.1, -0.05) is 20.3 Å². The summed E-state index contributed by atoms with van der Waals surface area (Å²) >= 11 is 0. The summed E-state index contributed by atoms with van der Waals surface area (Å²) in [6.45, 7) is 5.02. The second-order valence-electron chi connectivity index (χ2n) is 4.38. The predicted molar refractivity (Wildman–Crippen MR) is 68.5 cm³/mol. The van der Waals surface area contributed by atoms with Gasteiger partial charge < -0.3 is 9.73 Å². The largest absolute Gasteiger partial charge is 0.468 e. The van der Waals surface area contributed by atoms with Crippen molar-refractivity contribution < 1.29 is 12.8 Å². The molecule has 0 aliphatic rings. The van der Waals surface area contributed by atoms with Gasteiger partial charge in [0.25, 0.3) is 0 Å². The summed E-state index contributed by atoms with van der Waals surface area (Å²) in [5, 5.41) is 3.06. The molecule has 0 saturated carbocycles. The fourth-order valence-corrected chi connectivity index (χ4v) is 3.21. The van der Waals surface area contributed by atoms with E-state index >= 15 is 0 Å². The van der Waals surface area contributed by atoms with Gasteiger partial charge in [-0.05, 0) is 18.1 Å². The molecule has 17 heavy (non-hydrogen) atoms. The van der Waals surface area contributed by atoms with Crippen LogP contribution < -0.4 is 5.32 Å². The number of hydrogen-bond acceptors (Lipinski definition) is 4. The molecule has 0 amide bonds. The molecule has 0 saturated heterocycles. The molecule has 0 fully saturated rings. The Hall–Kier alpha value is -0.810. The zero-order valence-electron chi connectivity index (χ0n) is 10.5. The van der Waals surface area contributed by atoms with Crippen LogP contribution in [-0.4, -0.2) is 26.5 Å². The molecular formula is C12H21NO3S. The second kappa shape index (κ2) is 6.81. The monoisotopic (exact) mass is 259 g/mol. The summed E-state index contributed by atoms with van der Waals surface area (Å²) in [6, 6.07) is 3.68. The molecule has 0 spiro atoms. The first-order valence-corrected chi connectivity index (χ1v) is 7.79. The third kappa shape index (κ3) is 5.89. The molecule has 1 atom stereocenters. The maximum absolute atomic E-state index is 11.7. The van der Waals surface area contributed by atoms with Crippen molar-refractivity contribution in [3.63, 3.8) is 0 Å². The maximum Gasteiger partial charge on any atom is 0.151 e. The van der Waals surface area contributed by atoms with Crippen LogP contribution in [0, 0.1) is 5.92 Å². The van der Waals surface area contributed by atoms with Crippen molar-refractivity contribution in [3.05, 3.63) is 24.2 Å². The number of furan rings is 1. The summed E-state index contributed by atoms with van der Waals surface area (Å²) in [5.41, 5.74) is 0. The van der Waals surface area contributed by atoms with Crippen molar-refractivity contribution in [2.24, 2.45) is 5.92 Å². The van der Waals surface area contributed by atoms with Gasteiger partial charge in [-0.25, -0.2) is 8.42 Å². The molecule has 98 valence electrons. The summed E-state index contributed by atoms with van der Waals surface area (Å²) < 4.78 is 28.5. The van der Waals surface area contributed by atoms with Crippen molar-refractivity contribution in [2.75, 3.05) is 18.1 Å². The van der Waals surface area contributed by atoms with Crippen LogP contribution in [0.2, 0.25) is 0 Å². The van der Waals surface area contributed by atoms with E-state index in [1.54, 1.807) is 6.26 Å². The first kappa shape index (κ1) is 14.3. The zero-order chi connectivity index (χ0) is 12.7. The van der Waals surface area contributed by atoms with Gasteiger partial charge in [-0.3, -0.25) is 0 Å². The molecule has 1 heterocycles. The fraction of sp³-hybridized carbons (Fsp3) is 0.667. The molecule has 4 nitrogen and oxygen atoms in total. The van der Waals surface area contributed by atoms with Gasteiger partial charge in [-0.2, -0.15) is 0 Å². The van der Waals surface area contributed by atoms with E-state index in [2.05, 4.69) is 5.32 Å². The molecule has 0 aliphatic heterocycles. The van der Waals surface area contributed by atoms with E-state index in [9.17, 15) is 8.42 Å². The van der Waals surface area contributed by atoms with Crippen LogP contribution in [0.4, 0.5) is 0 Å². The van der Waals surface area contributed by atoms with E-state index in [1.165, 1.54) is 0 Å². The Morgan fingerprint density at radius 1 is 1.47 bits per heavy atom. The maximum atomic E-state index is 11.7. The minimum absolute atomic E-state index is 0.193. The minimum Gasteiger partial charge on any atom is -0.468 e. The van der Waals surface area contributed by atoms with Gasteiger partial charge >= 0.3 is 0 Å². The topological polar surface area (TPSA) is 59.3 Å². The number of hydrogen-bond donors (Lipinski definition) is 1. The predicted octanol–water partition coefficient (Wildman–Crippen LogP) is 1.83. The molecule has 0 bridgehead atoms. The Labute approximate surface area is 103 Å². The first-order chi connectivity index (χ1) is 8.03. The highest BCUT2D eigenvalue weighted by Crippen LogP contribution is 2.05. The SMILES string of the molecule is CCC(C)CS(=O)(=O)CCNCc1ccco1. The standard InChI is InChI=1S/C12H21NO3S/c1-3-11(2)10-17(14,15)8-6-13-9-12-5-4-7-16-12/h4-5,7,11,13H,3,6,8-10H2,1-2H3. The lowest BCUT2D eigenvalue weighted by molar-refractivity contribution is 0.486. The summed E-state index contributed by atoms with van der Waals surface area (Å²) in [7, 11) is -2.93. The normalized spacial score (nSPS) is 13.8. The van der Waals surface area contributed by atoms with Crippen molar-refractivity contribution in [2.45, 2.75) is 26.8 Å². The van der Waals surface area contributed by atoms with Crippen LogP contribution in [0.15, 0.2) is 22.8 Å². The zero-order valence-corrected chi connectivity index (χ0v) is 11.3. The molecule has 5 heteroatoms. The lowest BCUT2D eigenvalue weighted by Gasteiger charge is -2.09. The van der Waals surface area contributed by atoms with Crippen molar-refractivity contribution in [1.82, 2.24) is 5.32 Å². The Kier molecular flexibility index (Phi) is 5.71. The summed E-state index contributed by atoms with van der Waals surface area (Å²) in [6.07, 6.45) is 2.51. The van der Waals surface area contributed by atoms with Crippen LogP contribution in [0.25, 0.3) is 0 Å². The van der Waals surface area contributed by atoms with E-state index < -0.39 is 9.84 Å². The van der Waals surface area contributed by atoms with Crippen LogP contribution in [0.1, 0.15) is 26.0 Å². The quantitative estimate of drug-likeness (QED) is 0.724. The van der Waals surface area contributed by atoms with Crippen LogP contribution in [0.5, 0.6) is 0 Å². The van der Waals surface area contributed by atoms with Crippen molar-refractivity contribution in [1.29, 1.82) is 0 Å². The summed E-state index contributed by atoms with van der Waals surface area (Å²) in [5.74, 6) is 1.54. The number of sulfone groups is 1. The molecule has 1 unspecified atom stereocenters. The highest BCUT2D eigenvalue weighted by Gasteiger charge is 2.14. The van der Waals surface area contributed by atoms with Crippen LogP contribution in [0.3, 0.4) is 0 Å². The van der Waals surface area contributed by atoms with Gasteiger partial charge in [0, 0.05) is 6.54 Å².